The lowest BCUT2D eigenvalue weighted by Gasteiger charge is -2.17. The van der Waals surface area contributed by atoms with E-state index in [0.29, 0.717) is 25.3 Å². The number of carbonyl (C=O) groups is 2. The van der Waals surface area contributed by atoms with Gasteiger partial charge in [-0.3, -0.25) is 9.59 Å². The number of hydrogen-bond donors (Lipinski definition) is 0. The maximum Gasteiger partial charge on any atom is 0.222 e. The zero-order valence-electron chi connectivity index (χ0n) is 13.6. The van der Waals surface area contributed by atoms with Gasteiger partial charge < -0.3 is 14.4 Å². The first-order valence-corrected chi connectivity index (χ1v) is 8.75. The van der Waals surface area contributed by atoms with Crippen molar-refractivity contribution in [3.8, 4) is 11.5 Å². The lowest BCUT2D eigenvalue weighted by atomic mass is 10.1. The average Bonchev–Trinajstić information content (AvgIpc) is 2.90. The zero-order valence-corrected chi connectivity index (χ0v) is 14.4. The van der Waals surface area contributed by atoms with E-state index in [1.807, 2.05) is 29.2 Å². The predicted octanol–water partition coefficient (Wildman–Crippen LogP) is 2.59. The van der Waals surface area contributed by atoms with Crippen LogP contribution >= 0.6 is 11.8 Å². The molecule has 126 valence electrons. The van der Waals surface area contributed by atoms with Crippen molar-refractivity contribution in [2.24, 2.45) is 5.92 Å². The van der Waals surface area contributed by atoms with E-state index in [-0.39, 0.29) is 16.9 Å². The third-order valence-corrected chi connectivity index (χ3v) is 4.76. The molecule has 1 unspecified atom stereocenters. The topological polar surface area (TPSA) is 55.8 Å². The quantitative estimate of drug-likeness (QED) is 0.683. The van der Waals surface area contributed by atoms with Gasteiger partial charge in [0.2, 0.25) is 5.91 Å². The Bertz CT molecular complexity index is 549. The third kappa shape index (κ3) is 5.46. The van der Waals surface area contributed by atoms with Crippen molar-refractivity contribution in [1.82, 2.24) is 4.90 Å². The predicted molar refractivity (Wildman–Crippen MR) is 90.9 cm³/mol. The Labute approximate surface area is 141 Å². The second kappa shape index (κ2) is 8.82. The van der Waals surface area contributed by atoms with Crippen LogP contribution in [0.4, 0.5) is 0 Å². The van der Waals surface area contributed by atoms with Crippen LogP contribution < -0.4 is 9.47 Å². The fraction of sp³-hybridized carbons (Fsp3) is 0.529. The van der Waals surface area contributed by atoms with Crippen molar-refractivity contribution in [2.45, 2.75) is 19.8 Å². The van der Waals surface area contributed by atoms with Gasteiger partial charge in [0.05, 0.1) is 13.7 Å². The molecule has 0 saturated carbocycles. The van der Waals surface area contributed by atoms with Gasteiger partial charge in [-0.2, -0.15) is 0 Å². The highest BCUT2D eigenvalue weighted by atomic mass is 32.2. The summed E-state index contributed by atoms with van der Waals surface area (Å²) in [5.74, 6) is 2.63. The van der Waals surface area contributed by atoms with Crippen LogP contribution in [0.1, 0.15) is 19.8 Å². The standard InChI is InChI=1S/C17H23NO4S/c1-13(19)23-12-14-10-17(20)18(11-14)8-5-9-22-16-7-4-3-6-15(16)21-2/h3-4,6-7,14H,5,8-12H2,1-2H3. The van der Waals surface area contributed by atoms with Crippen molar-refractivity contribution >= 4 is 22.8 Å². The Hall–Kier alpha value is -1.69. The van der Waals surface area contributed by atoms with Crippen LogP contribution in [0.25, 0.3) is 0 Å². The van der Waals surface area contributed by atoms with Gasteiger partial charge in [-0.05, 0) is 24.5 Å². The molecule has 2 rings (SSSR count). The fourth-order valence-corrected chi connectivity index (χ4v) is 3.29. The second-order valence-electron chi connectivity index (χ2n) is 5.57. The number of likely N-dealkylation sites (tertiary alicyclic amines) is 1. The molecule has 5 nitrogen and oxygen atoms in total. The Morgan fingerprint density at radius 1 is 1.35 bits per heavy atom. The average molecular weight is 337 g/mol. The molecule has 6 heteroatoms. The molecule has 23 heavy (non-hydrogen) atoms. The number of methoxy groups -OCH3 is 1. The van der Waals surface area contributed by atoms with Gasteiger partial charge in [-0.25, -0.2) is 0 Å². The van der Waals surface area contributed by atoms with E-state index >= 15 is 0 Å². The number of rotatable bonds is 8. The molecule has 0 spiro atoms. The Kier molecular flexibility index (Phi) is 6.77. The first-order valence-electron chi connectivity index (χ1n) is 7.77. The number of benzene rings is 1. The Morgan fingerprint density at radius 2 is 2.09 bits per heavy atom. The maximum absolute atomic E-state index is 12.0. The highest BCUT2D eigenvalue weighted by molar-refractivity contribution is 8.13. The Morgan fingerprint density at radius 3 is 2.78 bits per heavy atom. The smallest absolute Gasteiger partial charge is 0.222 e. The zero-order chi connectivity index (χ0) is 16.7. The minimum Gasteiger partial charge on any atom is -0.493 e. The molecule has 1 amide bonds. The SMILES string of the molecule is COc1ccccc1OCCCN1CC(CSC(C)=O)CC1=O. The van der Waals surface area contributed by atoms with E-state index < -0.39 is 0 Å². The monoisotopic (exact) mass is 337 g/mol. The molecule has 1 saturated heterocycles. The van der Waals surface area contributed by atoms with Gasteiger partial charge in [0.1, 0.15) is 0 Å². The summed E-state index contributed by atoms with van der Waals surface area (Å²) < 4.78 is 11.0. The third-order valence-electron chi connectivity index (χ3n) is 3.72. The van der Waals surface area contributed by atoms with Crippen molar-refractivity contribution in [2.75, 3.05) is 32.6 Å². The Balaban J connectivity index is 1.70. The number of carbonyl (C=O) groups excluding carboxylic acids is 2. The summed E-state index contributed by atoms with van der Waals surface area (Å²) in [6.07, 6.45) is 1.32. The van der Waals surface area contributed by atoms with Crippen LogP contribution in [0, 0.1) is 5.92 Å². The molecule has 1 aromatic rings. The highest BCUT2D eigenvalue weighted by Crippen LogP contribution is 2.26. The normalized spacial score (nSPS) is 17.4. The number of ether oxygens (including phenoxy) is 2. The lowest BCUT2D eigenvalue weighted by molar-refractivity contribution is -0.127. The summed E-state index contributed by atoms with van der Waals surface area (Å²) in [6.45, 7) is 3.54. The summed E-state index contributed by atoms with van der Waals surface area (Å²) in [7, 11) is 1.62. The maximum atomic E-state index is 12.0. The summed E-state index contributed by atoms with van der Waals surface area (Å²) in [5.41, 5.74) is 0. The van der Waals surface area contributed by atoms with E-state index in [4.69, 9.17) is 9.47 Å². The molecule has 1 aromatic carbocycles. The van der Waals surface area contributed by atoms with Crippen LogP contribution in [0.15, 0.2) is 24.3 Å². The molecule has 1 atom stereocenters. The van der Waals surface area contributed by atoms with Crippen LogP contribution in [0.5, 0.6) is 11.5 Å². The van der Waals surface area contributed by atoms with Crippen LogP contribution in [0.2, 0.25) is 0 Å². The largest absolute Gasteiger partial charge is 0.493 e. The molecule has 0 bridgehead atoms. The van der Waals surface area contributed by atoms with E-state index in [1.165, 1.54) is 11.8 Å². The molecule has 1 aliphatic heterocycles. The van der Waals surface area contributed by atoms with Gasteiger partial charge in [0, 0.05) is 32.2 Å². The summed E-state index contributed by atoms with van der Waals surface area (Å²) in [4.78, 5) is 24.8. The lowest BCUT2D eigenvalue weighted by Crippen LogP contribution is -2.27. The number of nitrogens with zero attached hydrogens (tertiary/aromatic N) is 1. The minimum absolute atomic E-state index is 0.112. The second-order valence-corrected chi connectivity index (χ2v) is 6.76. The molecule has 0 aliphatic carbocycles. The summed E-state index contributed by atoms with van der Waals surface area (Å²) in [5, 5.41) is 0.112. The minimum atomic E-state index is 0.112. The van der Waals surface area contributed by atoms with Crippen LogP contribution in [0.3, 0.4) is 0 Å². The first-order chi connectivity index (χ1) is 11.1. The molecular formula is C17H23NO4S. The van der Waals surface area contributed by atoms with E-state index in [0.717, 1.165) is 24.5 Å². The number of amides is 1. The van der Waals surface area contributed by atoms with Gasteiger partial charge in [0.15, 0.2) is 16.6 Å². The fourth-order valence-electron chi connectivity index (χ4n) is 2.59. The van der Waals surface area contributed by atoms with Crippen LogP contribution in [-0.4, -0.2) is 48.5 Å². The van der Waals surface area contributed by atoms with Crippen molar-refractivity contribution in [3.05, 3.63) is 24.3 Å². The molecule has 1 fully saturated rings. The van der Waals surface area contributed by atoms with Gasteiger partial charge >= 0.3 is 0 Å². The van der Waals surface area contributed by atoms with E-state index in [9.17, 15) is 9.59 Å². The highest BCUT2D eigenvalue weighted by Gasteiger charge is 2.29. The van der Waals surface area contributed by atoms with Crippen molar-refractivity contribution in [3.63, 3.8) is 0 Å². The van der Waals surface area contributed by atoms with Gasteiger partial charge in [0.25, 0.3) is 0 Å². The summed E-state index contributed by atoms with van der Waals surface area (Å²) >= 11 is 1.31. The molecule has 0 radical (unpaired) electrons. The molecular weight excluding hydrogens is 314 g/mol. The van der Waals surface area contributed by atoms with E-state index in [1.54, 1.807) is 14.0 Å². The number of thioether (sulfide) groups is 1. The molecule has 1 aliphatic rings. The summed E-state index contributed by atoms with van der Waals surface area (Å²) in [6, 6.07) is 7.53. The molecule has 0 N–H and O–H groups in total. The van der Waals surface area contributed by atoms with Gasteiger partial charge in [-0.1, -0.05) is 23.9 Å². The van der Waals surface area contributed by atoms with Crippen molar-refractivity contribution in [1.29, 1.82) is 0 Å². The van der Waals surface area contributed by atoms with Crippen LogP contribution in [-0.2, 0) is 9.59 Å². The number of hydrogen-bond acceptors (Lipinski definition) is 5. The van der Waals surface area contributed by atoms with Gasteiger partial charge in [-0.15, -0.1) is 0 Å². The molecule has 0 aromatic heterocycles. The first kappa shape index (κ1) is 17.7. The number of para-hydroxylation sites is 2. The molecule has 1 heterocycles. The van der Waals surface area contributed by atoms with E-state index in [2.05, 4.69) is 0 Å². The van der Waals surface area contributed by atoms with Crippen molar-refractivity contribution < 1.29 is 19.1 Å².